The molecule has 0 fully saturated rings. The predicted octanol–water partition coefficient (Wildman–Crippen LogP) is 4.87. The molecule has 1 heterocycles. The number of carbonyl (C=O) groups excluding carboxylic acids is 1. The van der Waals surface area contributed by atoms with Crippen molar-refractivity contribution < 1.29 is 27.9 Å². The number of aromatic carboxylic acids is 1. The molecule has 8 heteroatoms. The quantitative estimate of drug-likeness (QED) is 0.575. The number of rotatable bonds is 7. The lowest BCUT2D eigenvalue weighted by Crippen LogP contribution is -2.28. The van der Waals surface area contributed by atoms with Gasteiger partial charge >= 0.3 is 12.1 Å². The molecular formula is C22H21F3N2O3. The van der Waals surface area contributed by atoms with Crippen LogP contribution in [0.5, 0.6) is 0 Å². The van der Waals surface area contributed by atoms with E-state index in [1.165, 1.54) is 24.1 Å². The van der Waals surface area contributed by atoms with Crippen LogP contribution in [0.1, 0.15) is 44.7 Å². The molecule has 30 heavy (non-hydrogen) atoms. The van der Waals surface area contributed by atoms with Crippen LogP contribution in [0.2, 0.25) is 0 Å². The number of carbonyl (C=O) groups is 2. The maximum Gasteiger partial charge on any atom is 0.389 e. The van der Waals surface area contributed by atoms with Gasteiger partial charge in [-0.05, 0) is 54.3 Å². The number of benzene rings is 2. The summed E-state index contributed by atoms with van der Waals surface area (Å²) in [6, 6.07) is 11.7. The largest absolute Gasteiger partial charge is 0.478 e. The number of halogens is 3. The van der Waals surface area contributed by atoms with Crippen LogP contribution in [-0.4, -0.2) is 46.6 Å². The van der Waals surface area contributed by atoms with Crippen LogP contribution >= 0.6 is 0 Å². The molecular weight excluding hydrogens is 397 g/mol. The Morgan fingerprint density at radius 1 is 1.07 bits per heavy atom. The molecule has 3 aromatic rings. The van der Waals surface area contributed by atoms with E-state index in [1.807, 2.05) is 6.20 Å². The van der Waals surface area contributed by atoms with Gasteiger partial charge in [-0.15, -0.1) is 0 Å². The second-order valence-corrected chi connectivity index (χ2v) is 7.20. The molecule has 0 aliphatic heterocycles. The zero-order chi connectivity index (χ0) is 21.9. The Morgan fingerprint density at radius 3 is 2.37 bits per heavy atom. The van der Waals surface area contributed by atoms with Gasteiger partial charge in [-0.1, -0.05) is 12.1 Å². The lowest BCUT2D eigenvalue weighted by Gasteiger charge is -2.18. The maximum atomic E-state index is 12.6. The molecule has 0 saturated heterocycles. The number of hydrogen-bond acceptors (Lipinski definition) is 2. The first-order chi connectivity index (χ1) is 14.1. The normalized spacial score (nSPS) is 11.6. The second kappa shape index (κ2) is 8.61. The molecule has 0 radical (unpaired) electrons. The van der Waals surface area contributed by atoms with Gasteiger partial charge in [-0.25, -0.2) is 4.79 Å². The number of amides is 1. The van der Waals surface area contributed by atoms with Gasteiger partial charge in [0.15, 0.2) is 0 Å². The van der Waals surface area contributed by atoms with Crippen LogP contribution in [-0.2, 0) is 6.42 Å². The molecule has 158 valence electrons. The van der Waals surface area contributed by atoms with Crippen LogP contribution < -0.4 is 0 Å². The van der Waals surface area contributed by atoms with Gasteiger partial charge in [0.05, 0.1) is 5.56 Å². The Bertz CT molecular complexity index is 1060. The van der Waals surface area contributed by atoms with E-state index < -0.39 is 18.6 Å². The zero-order valence-electron chi connectivity index (χ0n) is 16.3. The number of nitrogens with zero attached hydrogens (tertiary/aromatic N) is 1. The number of hydrogen-bond donors (Lipinski definition) is 2. The number of carboxylic acids is 1. The van der Waals surface area contributed by atoms with Crippen molar-refractivity contribution in [2.24, 2.45) is 0 Å². The summed E-state index contributed by atoms with van der Waals surface area (Å²) in [6.07, 6.45) is -2.93. The Balaban J connectivity index is 1.75. The Hall–Kier alpha value is -3.29. The summed E-state index contributed by atoms with van der Waals surface area (Å²) in [5.74, 6) is -1.33. The molecule has 0 aliphatic carbocycles. The molecule has 0 saturated carbocycles. The van der Waals surface area contributed by atoms with Gasteiger partial charge in [0.1, 0.15) is 0 Å². The molecule has 5 nitrogen and oxygen atoms in total. The van der Waals surface area contributed by atoms with Crippen molar-refractivity contribution in [2.75, 3.05) is 13.6 Å². The van der Waals surface area contributed by atoms with Gasteiger partial charge in [0.25, 0.3) is 5.91 Å². The predicted molar refractivity (Wildman–Crippen MR) is 107 cm³/mol. The fourth-order valence-electron chi connectivity index (χ4n) is 3.28. The zero-order valence-corrected chi connectivity index (χ0v) is 16.3. The van der Waals surface area contributed by atoms with E-state index in [9.17, 15) is 22.8 Å². The van der Waals surface area contributed by atoms with Crippen molar-refractivity contribution in [1.82, 2.24) is 9.88 Å². The summed E-state index contributed by atoms with van der Waals surface area (Å²) >= 11 is 0. The van der Waals surface area contributed by atoms with Crippen molar-refractivity contribution in [2.45, 2.75) is 25.4 Å². The number of aromatic nitrogens is 1. The van der Waals surface area contributed by atoms with Gasteiger partial charge in [-0.2, -0.15) is 13.2 Å². The Morgan fingerprint density at radius 2 is 1.73 bits per heavy atom. The molecule has 0 spiro atoms. The monoisotopic (exact) mass is 418 g/mol. The molecule has 0 aliphatic rings. The van der Waals surface area contributed by atoms with E-state index in [4.69, 9.17) is 5.11 Å². The van der Waals surface area contributed by atoms with E-state index in [-0.39, 0.29) is 24.4 Å². The highest BCUT2D eigenvalue weighted by atomic mass is 19.4. The minimum absolute atomic E-state index is 0.0201. The smallest absolute Gasteiger partial charge is 0.389 e. The molecule has 2 N–H and O–H groups in total. The maximum absolute atomic E-state index is 12.6. The van der Waals surface area contributed by atoms with E-state index in [0.29, 0.717) is 12.0 Å². The third-order valence-electron chi connectivity index (χ3n) is 4.91. The van der Waals surface area contributed by atoms with Crippen LogP contribution in [0.4, 0.5) is 13.2 Å². The van der Waals surface area contributed by atoms with Crippen LogP contribution in [0.3, 0.4) is 0 Å². The van der Waals surface area contributed by atoms with Crippen molar-refractivity contribution in [1.29, 1.82) is 0 Å². The summed E-state index contributed by atoms with van der Waals surface area (Å²) in [4.78, 5) is 28.0. The van der Waals surface area contributed by atoms with Crippen LogP contribution in [0.15, 0.2) is 48.7 Å². The average molecular weight is 418 g/mol. The highest BCUT2D eigenvalue weighted by Gasteiger charge is 2.26. The number of H-pyrrole nitrogens is 1. The van der Waals surface area contributed by atoms with Gasteiger partial charge < -0.3 is 15.0 Å². The molecule has 1 amide bonds. The van der Waals surface area contributed by atoms with Crippen molar-refractivity contribution >= 4 is 22.8 Å². The highest BCUT2D eigenvalue weighted by Crippen LogP contribution is 2.24. The Kier molecular flexibility index (Phi) is 6.14. The first-order valence-corrected chi connectivity index (χ1v) is 9.38. The first kappa shape index (κ1) is 21.4. The van der Waals surface area contributed by atoms with Gasteiger partial charge in [-0.3, -0.25) is 4.79 Å². The summed E-state index contributed by atoms with van der Waals surface area (Å²) in [6.45, 7) is 0.0201. The standard InChI is InChI=1S/C22H21F3N2O3/c1-27(10-2-9-22(23,24)25)20(28)16-7-8-19-18(12-16)17(13-26-19)11-14-3-5-15(6-4-14)21(29)30/h3-8,12-13,26H,2,9-11H2,1H3,(H,29,30). The van der Waals surface area contributed by atoms with E-state index in [2.05, 4.69) is 4.98 Å². The number of carboxylic acid groups (broad SMARTS) is 1. The summed E-state index contributed by atoms with van der Waals surface area (Å²) in [5, 5.41) is 9.84. The molecule has 2 aromatic carbocycles. The van der Waals surface area contributed by atoms with E-state index in [0.717, 1.165) is 22.0 Å². The van der Waals surface area contributed by atoms with Gasteiger partial charge in [0.2, 0.25) is 0 Å². The van der Waals surface area contributed by atoms with E-state index >= 15 is 0 Å². The van der Waals surface area contributed by atoms with Crippen LogP contribution in [0, 0.1) is 0 Å². The molecule has 0 bridgehead atoms. The van der Waals surface area contributed by atoms with Gasteiger partial charge in [0, 0.05) is 42.7 Å². The molecule has 0 unspecified atom stereocenters. The topological polar surface area (TPSA) is 73.4 Å². The molecule has 3 rings (SSSR count). The number of alkyl halides is 3. The van der Waals surface area contributed by atoms with Crippen molar-refractivity contribution in [3.05, 3.63) is 70.9 Å². The minimum atomic E-state index is -4.23. The lowest BCUT2D eigenvalue weighted by atomic mass is 10.0. The third kappa shape index (κ3) is 5.20. The molecule has 1 aromatic heterocycles. The molecule has 0 atom stereocenters. The summed E-state index contributed by atoms with van der Waals surface area (Å²) in [5.41, 5.74) is 3.30. The average Bonchev–Trinajstić information content (AvgIpc) is 3.08. The lowest BCUT2D eigenvalue weighted by molar-refractivity contribution is -0.135. The van der Waals surface area contributed by atoms with Crippen molar-refractivity contribution in [3.8, 4) is 0 Å². The van der Waals surface area contributed by atoms with Crippen LogP contribution in [0.25, 0.3) is 10.9 Å². The summed E-state index contributed by atoms with van der Waals surface area (Å²) < 4.78 is 37.0. The highest BCUT2D eigenvalue weighted by molar-refractivity contribution is 5.98. The van der Waals surface area contributed by atoms with Crippen molar-refractivity contribution in [3.63, 3.8) is 0 Å². The SMILES string of the molecule is CN(CCCC(F)(F)F)C(=O)c1ccc2[nH]cc(Cc3ccc(C(=O)O)cc3)c2c1. The minimum Gasteiger partial charge on any atom is -0.478 e. The second-order valence-electron chi connectivity index (χ2n) is 7.20. The number of fused-ring (bicyclic) bond motifs is 1. The summed E-state index contributed by atoms with van der Waals surface area (Å²) in [7, 11) is 1.49. The Labute approximate surface area is 171 Å². The van der Waals surface area contributed by atoms with E-state index in [1.54, 1.807) is 30.3 Å². The first-order valence-electron chi connectivity index (χ1n) is 9.38. The fraction of sp³-hybridized carbons (Fsp3) is 0.273. The number of aromatic amines is 1. The fourth-order valence-corrected chi connectivity index (χ4v) is 3.28. The third-order valence-corrected chi connectivity index (χ3v) is 4.91. The number of nitrogens with one attached hydrogen (secondary N) is 1.